The predicted octanol–water partition coefficient (Wildman–Crippen LogP) is 3.45. The van der Waals surface area contributed by atoms with Crippen molar-refractivity contribution < 1.29 is 17.9 Å². The van der Waals surface area contributed by atoms with Crippen LogP contribution >= 0.6 is 0 Å². The lowest BCUT2D eigenvalue weighted by Crippen LogP contribution is -2.24. The van der Waals surface area contributed by atoms with Crippen LogP contribution in [0.4, 0.5) is 0 Å². The number of hydrogen-bond acceptors (Lipinski definition) is 6. The maximum atomic E-state index is 12.6. The van der Waals surface area contributed by atoms with Crippen LogP contribution in [0.25, 0.3) is 11.0 Å². The van der Waals surface area contributed by atoms with Gasteiger partial charge >= 0.3 is 0 Å². The standard InChI is InChI=1S/C23H30N4O4S/c1-5-11-27-20-9-8-18(32(28,29)25(3)4)13-19(20)24-23(27)15-26(6-2)14-17-7-10-21-22(12-17)31-16-30-21/h7-10,12-13H,5-6,11,14-16H2,1-4H3. The Balaban J connectivity index is 1.63. The Morgan fingerprint density at radius 1 is 1.03 bits per heavy atom. The number of fused-ring (bicyclic) bond motifs is 2. The zero-order valence-corrected chi connectivity index (χ0v) is 19.9. The Morgan fingerprint density at radius 3 is 2.53 bits per heavy atom. The summed E-state index contributed by atoms with van der Waals surface area (Å²) >= 11 is 0. The van der Waals surface area contributed by atoms with Gasteiger partial charge in [0.15, 0.2) is 11.5 Å². The molecule has 0 fully saturated rings. The van der Waals surface area contributed by atoms with Crippen molar-refractivity contribution >= 4 is 21.1 Å². The summed E-state index contributed by atoms with van der Waals surface area (Å²) < 4.78 is 39.5. The fraction of sp³-hybridized carbons (Fsp3) is 0.435. The van der Waals surface area contributed by atoms with Crippen LogP contribution in [-0.2, 0) is 29.7 Å². The first-order valence-electron chi connectivity index (χ1n) is 10.9. The summed E-state index contributed by atoms with van der Waals surface area (Å²) in [5.74, 6) is 2.50. The monoisotopic (exact) mass is 458 g/mol. The average molecular weight is 459 g/mol. The Kier molecular flexibility index (Phi) is 6.41. The van der Waals surface area contributed by atoms with Crippen LogP contribution in [0.3, 0.4) is 0 Å². The summed E-state index contributed by atoms with van der Waals surface area (Å²) in [7, 11) is -0.431. The van der Waals surface area contributed by atoms with Gasteiger partial charge in [0.2, 0.25) is 16.8 Å². The summed E-state index contributed by atoms with van der Waals surface area (Å²) in [5, 5.41) is 0. The van der Waals surface area contributed by atoms with E-state index in [1.54, 1.807) is 12.1 Å². The molecule has 1 aliphatic rings. The lowest BCUT2D eigenvalue weighted by Gasteiger charge is -2.21. The molecule has 32 heavy (non-hydrogen) atoms. The quantitative estimate of drug-likeness (QED) is 0.489. The number of rotatable bonds is 9. The highest BCUT2D eigenvalue weighted by Crippen LogP contribution is 2.33. The maximum absolute atomic E-state index is 12.6. The van der Waals surface area contributed by atoms with Crippen LogP contribution in [0.2, 0.25) is 0 Å². The van der Waals surface area contributed by atoms with Gasteiger partial charge < -0.3 is 14.0 Å². The van der Waals surface area contributed by atoms with E-state index in [1.165, 1.54) is 18.4 Å². The molecule has 0 spiro atoms. The molecule has 0 saturated carbocycles. The number of imidazole rings is 1. The summed E-state index contributed by atoms with van der Waals surface area (Å²) in [6.07, 6.45) is 0.963. The molecule has 2 aromatic carbocycles. The molecule has 0 radical (unpaired) electrons. The molecular weight excluding hydrogens is 428 g/mol. The fourth-order valence-corrected chi connectivity index (χ4v) is 4.82. The molecule has 2 heterocycles. The lowest BCUT2D eigenvalue weighted by atomic mass is 10.2. The fourth-order valence-electron chi connectivity index (χ4n) is 3.90. The molecule has 0 aliphatic carbocycles. The van der Waals surface area contributed by atoms with Crippen LogP contribution < -0.4 is 9.47 Å². The first-order valence-corrected chi connectivity index (χ1v) is 12.3. The largest absolute Gasteiger partial charge is 0.454 e. The molecule has 0 N–H and O–H groups in total. The lowest BCUT2D eigenvalue weighted by molar-refractivity contribution is 0.174. The predicted molar refractivity (Wildman–Crippen MR) is 123 cm³/mol. The van der Waals surface area contributed by atoms with Crippen molar-refractivity contribution in [1.82, 2.24) is 18.8 Å². The SMILES string of the molecule is CCCn1c(CN(CC)Cc2ccc3c(c2)OCO3)nc2cc(S(=O)(=O)N(C)C)ccc21. The smallest absolute Gasteiger partial charge is 0.242 e. The van der Waals surface area contributed by atoms with Gasteiger partial charge in [-0.25, -0.2) is 17.7 Å². The number of sulfonamides is 1. The average Bonchev–Trinajstić information content (AvgIpc) is 3.37. The Bertz CT molecular complexity index is 1220. The first-order chi connectivity index (χ1) is 15.3. The third-order valence-corrected chi connectivity index (χ3v) is 7.49. The van der Waals surface area contributed by atoms with E-state index < -0.39 is 10.0 Å². The van der Waals surface area contributed by atoms with Crippen LogP contribution in [0.5, 0.6) is 11.5 Å². The van der Waals surface area contributed by atoms with Crippen LogP contribution in [0.1, 0.15) is 31.7 Å². The summed E-state index contributed by atoms with van der Waals surface area (Å²) in [6, 6.07) is 11.2. The van der Waals surface area contributed by atoms with Crippen molar-refractivity contribution in [3.63, 3.8) is 0 Å². The molecule has 0 atom stereocenters. The molecule has 0 amide bonds. The molecule has 172 valence electrons. The molecule has 0 unspecified atom stereocenters. The summed E-state index contributed by atoms with van der Waals surface area (Å²) in [4.78, 5) is 7.41. The van der Waals surface area contributed by atoms with E-state index in [1.807, 2.05) is 18.2 Å². The summed E-state index contributed by atoms with van der Waals surface area (Å²) in [6.45, 7) is 7.62. The van der Waals surface area contributed by atoms with Crippen molar-refractivity contribution in [1.29, 1.82) is 0 Å². The summed E-state index contributed by atoms with van der Waals surface area (Å²) in [5.41, 5.74) is 2.81. The normalized spacial score (nSPS) is 13.6. The number of benzene rings is 2. The van der Waals surface area contributed by atoms with Gasteiger partial charge in [-0.15, -0.1) is 0 Å². The molecule has 9 heteroatoms. The van der Waals surface area contributed by atoms with Gasteiger partial charge in [0, 0.05) is 27.2 Å². The van der Waals surface area contributed by atoms with E-state index >= 15 is 0 Å². The van der Waals surface area contributed by atoms with Gasteiger partial charge in [-0.2, -0.15) is 0 Å². The molecule has 8 nitrogen and oxygen atoms in total. The molecule has 3 aromatic rings. The van der Waals surface area contributed by atoms with Gasteiger partial charge in [-0.1, -0.05) is 19.9 Å². The number of aromatic nitrogens is 2. The van der Waals surface area contributed by atoms with Gasteiger partial charge in [-0.05, 0) is 48.9 Å². The highest BCUT2D eigenvalue weighted by atomic mass is 32.2. The molecule has 1 aromatic heterocycles. The van der Waals surface area contributed by atoms with E-state index in [-0.39, 0.29) is 11.7 Å². The third kappa shape index (κ3) is 4.32. The third-order valence-electron chi connectivity index (χ3n) is 5.68. The minimum absolute atomic E-state index is 0.260. The van der Waals surface area contributed by atoms with Crippen LogP contribution in [-0.4, -0.2) is 54.6 Å². The van der Waals surface area contributed by atoms with Gasteiger partial charge in [0.25, 0.3) is 0 Å². The van der Waals surface area contributed by atoms with Crippen molar-refractivity contribution in [2.75, 3.05) is 27.4 Å². The second-order valence-corrected chi connectivity index (χ2v) is 10.3. The molecule has 1 aliphatic heterocycles. The number of aryl methyl sites for hydroxylation is 1. The molecule has 4 rings (SSSR count). The number of ether oxygens (including phenoxy) is 2. The van der Waals surface area contributed by atoms with Crippen molar-refractivity contribution in [3.8, 4) is 11.5 Å². The van der Waals surface area contributed by atoms with E-state index in [0.29, 0.717) is 12.1 Å². The van der Waals surface area contributed by atoms with Gasteiger partial charge in [0.1, 0.15) is 5.82 Å². The highest BCUT2D eigenvalue weighted by Gasteiger charge is 2.21. The zero-order valence-electron chi connectivity index (χ0n) is 19.0. The van der Waals surface area contributed by atoms with Gasteiger partial charge in [-0.3, -0.25) is 4.90 Å². The second-order valence-electron chi connectivity index (χ2n) is 8.11. The van der Waals surface area contributed by atoms with Crippen molar-refractivity contribution in [2.24, 2.45) is 0 Å². The van der Waals surface area contributed by atoms with Crippen molar-refractivity contribution in [2.45, 2.75) is 44.8 Å². The van der Waals surface area contributed by atoms with Crippen LogP contribution in [0.15, 0.2) is 41.3 Å². The molecule has 0 bridgehead atoms. The molecular formula is C23H30N4O4S. The molecule has 0 saturated heterocycles. The van der Waals surface area contributed by atoms with Crippen molar-refractivity contribution in [3.05, 3.63) is 47.8 Å². The Labute approximate surface area is 189 Å². The Hall–Kier alpha value is -2.62. The van der Waals surface area contributed by atoms with E-state index in [2.05, 4.69) is 29.4 Å². The first kappa shape index (κ1) is 22.6. The Morgan fingerprint density at radius 2 is 1.81 bits per heavy atom. The van der Waals surface area contributed by atoms with Gasteiger partial charge in [0.05, 0.1) is 22.5 Å². The van der Waals surface area contributed by atoms with E-state index in [9.17, 15) is 8.42 Å². The highest BCUT2D eigenvalue weighted by molar-refractivity contribution is 7.89. The number of hydrogen-bond donors (Lipinski definition) is 0. The minimum Gasteiger partial charge on any atom is -0.454 e. The second kappa shape index (κ2) is 9.09. The maximum Gasteiger partial charge on any atom is 0.242 e. The van der Waals surface area contributed by atoms with E-state index in [4.69, 9.17) is 14.5 Å². The van der Waals surface area contributed by atoms with Crippen LogP contribution in [0, 0.1) is 0 Å². The number of nitrogens with zero attached hydrogens (tertiary/aromatic N) is 4. The minimum atomic E-state index is -3.51. The van der Waals surface area contributed by atoms with E-state index in [0.717, 1.165) is 54.5 Å². The topological polar surface area (TPSA) is 76.9 Å². The zero-order chi connectivity index (χ0) is 22.9.